The highest BCUT2D eigenvalue weighted by atomic mass is 32.2. The van der Waals surface area contributed by atoms with Crippen molar-refractivity contribution < 1.29 is 17.6 Å². The third kappa shape index (κ3) is 4.04. The molecule has 0 bridgehead atoms. The predicted molar refractivity (Wildman–Crippen MR) is 97.1 cm³/mol. The van der Waals surface area contributed by atoms with Gasteiger partial charge < -0.3 is 9.73 Å². The van der Waals surface area contributed by atoms with E-state index in [0.717, 1.165) is 16.7 Å². The molecule has 2 aromatic rings. The molecule has 0 spiro atoms. The van der Waals surface area contributed by atoms with E-state index in [9.17, 15) is 13.2 Å². The van der Waals surface area contributed by atoms with Crippen LogP contribution in [0.3, 0.4) is 0 Å². The van der Waals surface area contributed by atoms with E-state index in [-0.39, 0.29) is 30.0 Å². The molecule has 1 N–H and O–H groups in total. The van der Waals surface area contributed by atoms with Crippen LogP contribution in [-0.4, -0.2) is 49.9 Å². The van der Waals surface area contributed by atoms with Gasteiger partial charge in [0.05, 0.1) is 29.6 Å². The van der Waals surface area contributed by atoms with Crippen molar-refractivity contribution in [2.45, 2.75) is 31.8 Å². The van der Waals surface area contributed by atoms with Gasteiger partial charge >= 0.3 is 0 Å². The summed E-state index contributed by atoms with van der Waals surface area (Å²) in [5.41, 5.74) is 0.158. The van der Waals surface area contributed by atoms with Crippen LogP contribution in [0.2, 0.25) is 0 Å². The third-order valence-corrected chi connectivity index (χ3v) is 6.76. The average Bonchev–Trinajstić information content (AvgIpc) is 3.06. The Bertz CT molecular complexity index is 856. The van der Waals surface area contributed by atoms with Crippen molar-refractivity contribution in [3.8, 4) is 0 Å². The lowest BCUT2D eigenvalue weighted by Gasteiger charge is -2.27. The maximum absolute atomic E-state index is 12.4. The molecule has 1 aromatic carbocycles. The summed E-state index contributed by atoms with van der Waals surface area (Å²) in [5.74, 6) is 0.764. The monoisotopic (exact) mass is 364 g/mol. The second-order valence-corrected chi connectivity index (χ2v) is 9.41. The summed E-state index contributed by atoms with van der Waals surface area (Å²) in [6.07, 6.45) is 0.462. The van der Waals surface area contributed by atoms with E-state index in [1.165, 1.54) is 0 Å². The van der Waals surface area contributed by atoms with Gasteiger partial charge in [0.2, 0.25) is 5.91 Å². The zero-order valence-electron chi connectivity index (χ0n) is 14.8. The molecule has 7 heteroatoms. The summed E-state index contributed by atoms with van der Waals surface area (Å²) in [4.78, 5) is 14.2. The molecule has 0 aliphatic carbocycles. The van der Waals surface area contributed by atoms with Crippen LogP contribution in [0.4, 0.5) is 0 Å². The van der Waals surface area contributed by atoms with Gasteiger partial charge in [0.15, 0.2) is 9.84 Å². The van der Waals surface area contributed by atoms with E-state index < -0.39 is 15.4 Å². The van der Waals surface area contributed by atoms with Crippen LogP contribution in [-0.2, 0) is 14.6 Å². The zero-order chi connectivity index (χ0) is 18.2. The van der Waals surface area contributed by atoms with Gasteiger partial charge in [-0.3, -0.25) is 9.69 Å². The molecule has 25 heavy (non-hydrogen) atoms. The highest BCUT2D eigenvalue weighted by Crippen LogP contribution is 2.27. The highest BCUT2D eigenvalue weighted by molar-refractivity contribution is 7.91. The first-order chi connectivity index (χ1) is 11.7. The maximum atomic E-state index is 12.4. The van der Waals surface area contributed by atoms with Crippen LogP contribution >= 0.6 is 0 Å². The lowest BCUT2D eigenvalue weighted by Crippen LogP contribution is -2.50. The fourth-order valence-corrected chi connectivity index (χ4v) is 5.37. The van der Waals surface area contributed by atoms with Crippen LogP contribution in [0.15, 0.2) is 34.7 Å². The average molecular weight is 364 g/mol. The number of hydrogen-bond acceptors (Lipinski definition) is 5. The Balaban J connectivity index is 1.63. The van der Waals surface area contributed by atoms with E-state index in [0.29, 0.717) is 6.42 Å². The standard InChI is InChI=1S/C18H24N2O4S/c1-13(16-10-14-6-4-5-7-15(14)24-16)20(3)11-17(21)19-18(2)8-9-25(22,23)12-18/h4-7,10,13H,8-9,11-12H2,1-3H3,(H,19,21). The first kappa shape index (κ1) is 17.9. The number of carbonyl (C=O) groups excluding carboxylic acids is 1. The summed E-state index contributed by atoms with van der Waals surface area (Å²) in [6, 6.07) is 9.70. The summed E-state index contributed by atoms with van der Waals surface area (Å²) in [5, 5.41) is 3.92. The number of furan rings is 1. The molecule has 1 amide bonds. The van der Waals surface area contributed by atoms with Gasteiger partial charge in [-0.25, -0.2) is 8.42 Å². The second kappa shape index (κ2) is 6.46. The summed E-state index contributed by atoms with van der Waals surface area (Å²) in [6.45, 7) is 3.94. The Labute approximate surface area is 148 Å². The van der Waals surface area contributed by atoms with Crippen molar-refractivity contribution in [2.75, 3.05) is 25.1 Å². The minimum absolute atomic E-state index is 0.00851. The predicted octanol–water partition coefficient (Wildman–Crippen LogP) is 2.12. The summed E-state index contributed by atoms with van der Waals surface area (Å²) in [7, 11) is -1.19. The van der Waals surface area contributed by atoms with Crippen LogP contribution in [0, 0.1) is 0 Å². The molecular formula is C18H24N2O4S. The lowest BCUT2D eigenvalue weighted by atomic mass is 10.0. The first-order valence-corrected chi connectivity index (χ1v) is 10.2. The Morgan fingerprint density at radius 1 is 1.40 bits per heavy atom. The molecule has 1 aliphatic rings. The Hall–Kier alpha value is -1.86. The summed E-state index contributed by atoms with van der Waals surface area (Å²) < 4.78 is 29.2. The zero-order valence-corrected chi connectivity index (χ0v) is 15.6. The van der Waals surface area contributed by atoms with Crippen molar-refractivity contribution >= 4 is 26.7 Å². The number of likely N-dealkylation sites (N-methyl/N-ethyl adjacent to an activating group) is 1. The van der Waals surface area contributed by atoms with E-state index in [1.807, 2.05) is 49.2 Å². The number of fused-ring (bicyclic) bond motifs is 1. The molecule has 2 unspecified atom stereocenters. The molecule has 136 valence electrons. The van der Waals surface area contributed by atoms with Gasteiger partial charge in [0.25, 0.3) is 0 Å². The van der Waals surface area contributed by atoms with E-state index in [1.54, 1.807) is 6.92 Å². The van der Waals surface area contributed by atoms with Crippen molar-refractivity contribution in [1.82, 2.24) is 10.2 Å². The molecule has 1 aliphatic heterocycles. The molecule has 1 aromatic heterocycles. The first-order valence-electron chi connectivity index (χ1n) is 8.38. The van der Waals surface area contributed by atoms with Gasteiger partial charge in [-0.15, -0.1) is 0 Å². The van der Waals surface area contributed by atoms with Gasteiger partial charge in [-0.05, 0) is 39.4 Å². The number of carbonyl (C=O) groups is 1. The molecule has 0 radical (unpaired) electrons. The van der Waals surface area contributed by atoms with Gasteiger partial charge in [0, 0.05) is 5.39 Å². The van der Waals surface area contributed by atoms with Gasteiger partial charge in [-0.2, -0.15) is 0 Å². The van der Waals surface area contributed by atoms with E-state index >= 15 is 0 Å². The molecule has 3 rings (SSSR count). The van der Waals surface area contributed by atoms with E-state index in [2.05, 4.69) is 5.32 Å². The van der Waals surface area contributed by atoms with Gasteiger partial charge in [0.1, 0.15) is 11.3 Å². The lowest BCUT2D eigenvalue weighted by molar-refractivity contribution is -0.124. The minimum atomic E-state index is -3.05. The number of hydrogen-bond donors (Lipinski definition) is 1. The molecule has 1 fully saturated rings. The Morgan fingerprint density at radius 3 is 2.76 bits per heavy atom. The number of para-hydroxylation sites is 1. The molecule has 2 atom stereocenters. The third-order valence-electron chi connectivity index (χ3n) is 4.86. The number of rotatable bonds is 5. The number of nitrogens with one attached hydrogen (secondary N) is 1. The topological polar surface area (TPSA) is 79.6 Å². The molecule has 2 heterocycles. The van der Waals surface area contributed by atoms with E-state index in [4.69, 9.17) is 4.42 Å². The van der Waals surface area contributed by atoms with Crippen molar-refractivity contribution in [3.63, 3.8) is 0 Å². The number of amides is 1. The van der Waals surface area contributed by atoms with Crippen molar-refractivity contribution in [2.24, 2.45) is 0 Å². The van der Waals surface area contributed by atoms with Crippen molar-refractivity contribution in [1.29, 1.82) is 0 Å². The number of sulfone groups is 1. The van der Waals surface area contributed by atoms with Crippen molar-refractivity contribution in [3.05, 3.63) is 36.1 Å². The fraction of sp³-hybridized carbons (Fsp3) is 0.500. The SMILES string of the molecule is CC(c1cc2ccccc2o1)N(C)CC(=O)NC1(C)CCS(=O)(=O)C1. The smallest absolute Gasteiger partial charge is 0.234 e. The Kier molecular flexibility index (Phi) is 4.64. The van der Waals surface area contributed by atoms with Crippen LogP contribution in [0.1, 0.15) is 32.1 Å². The quantitative estimate of drug-likeness (QED) is 0.879. The van der Waals surface area contributed by atoms with Crippen LogP contribution < -0.4 is 5.32 Å². The molecular weight excluding hydrogens is 340 g/mol. The van der Waals surface area contributed by atoms with Crippen LogP contribution in [0.25, 0.3) is 11.0 Å². The Morgan fingerprint density at radius 2 is 2.12 bits per heavy atom. The number of nitrogens with zero attached hydrogens (tertiary/aromatic N) is 1. The van der Waals surface area contributed by atoms with Gasteiger partial charge in [-0.1, -0.05) is 18.2 Å². The molecule has 6 nitrogen and oxygen atoms in total. The second-order valence-electron chi connectivity index (χ2n) is 7.23. The molecule has 1 saturated heterocycles. The van der Waals surface area contributed by atoms with Crippen LogP contribution in [0.5, 0.6) is 0 Å². The fourth-order valence-electron chi connectivity index (χ4n) is 3.27. The molecule has 0 saturated carbocycles. The normalized spacial score (nSPS) is 23.8. The number of benzene rings is 1. The minimum Gasteiger partial charge on any atom is -0.459 e. The summed E-state index contributed by atoms with van der Waals surface area (Å²) >= 11 is 0. The maximum Gasteiger partial charge on any atom is 0.234 e. The highest BCUT2D eigenvalue weighted by Gasteiger charge is 2.39. The largest absolute Gasteiger partial charge is 0.459 e.